The molecular formula is C68H125O11P. The van der Waals surface area contributed by atoms with Crippen molar-refractivity contribution in [3.63, 3.8) is 0 Å². The minimum absolute atomic E-state index is 0.166. The average Bonchev–Trinajstić information content (AvgIpc) is 3.45. The van der Waals surface area contributed by atoms with Crippen LogP contribution in [-0.2, 0) is 42.2 Å². The lowest BCUT2D eigenvalue weighted by Gasteiger charge is -2.21. The Hall–Kier alpha value is -2.56. The van der Waals surface area contributed by atoms with Crippen LogP contribution in [0.1, 0.15) is 329 Å². The number of esters is 3. The number of rotatable bonds is 63. The molecule has 2 N–H and O–H groups in total. The van der Waals surface area contributed by atoms with Crippen molar-refractivity contribution in [2.75, 3.05) is 26.4 Å². The number of phosphoric ester groups is 1. The van der Waals surface area contributed by atoms with Gasteiger partial charge < -0.3 is 24.2 Å². The van der Waals surface area contributed by atoms with Gasteiger partial charge >= 0.3 is 25.7 Å². The van der Waals surface area contributed by atoms with Crippen LogP contribution in [0.3, 0.4) is 0 Å². The van der Waals surface area contributed by atoms with Crippen LogP contribution < -0.4 is 0 Å². The van der Waals surface area contributed by atoms with Gasteiger partial charge in [-0.3, -0.25) is 23.4 Å². The van der Waals surface area contributed by atoms with Gasteiger partial charge in [0.05, 0.1) is 19.8 Å². The van der Waals surface area contributed by atoms with Gasteiger partial charge in [0.25, 0.3) is 0 Å². The van der Waals surface area contributed by atoms with Crippen LogP contribution in [0.15, 0.2) is 48.6 Å². The van der Waals surface area contributed by atoms with Gasteiger partial charge in [-0.25, -0.2) is 4.57 Å². The van der Waals surface area contributed by atoms with E-state index in [-0.39, 0.29) is 25.9 Å². The molecule has 0 aliphatic rings. The third-order valence-corrected chi connectivity index (χ3v) is 15.6. The smallest absolute Gasteiger partial charge is 0.462 e. The molecule has 0 bridgehead atoms. The van der Waals surface area contributed by atoms with E-state index in [2.05, 4.69) is 69.4 Å². The number of phosphoric acid groups is 1. The summed E-state index contributed by atoms with van der Waals surface area (Å²) < 4.78 is 39.7. The first-order valence-corrected chi connectivity index (χ1v) is 35.0. The van der Waals surface area contributed by atoms with Gasteiger partial charge in [0.15, 0.2) is 6.10 Å². The standard InChI is InChI=1S/C68H125O11P/c1-4-7-10-13-16-19-22-25-28-30-32-34-37-39-42-45-48-51-54-57-66(70)75-61-65(79-68(72)59-56-53-50-47-44-41-38-35-33-31-29-26-23-20-17-14-11-8-5-2)63-77-80(73,74)76-62-64(60-69)78-67(71)58-55-52-49-46-43-40-36-27-24-21-18-15-12-9-6-3/h16,19,25-29,36,64-65,69H,4-15,17-18,20-24,30-35,37-63H2,1-3H3,(H,73,74)/b19-16-,28-25-,29-26-,36-27-. The van der Waals surface area contributed by atoms with Gasteiger partial charge in [-0.1, -0.05) is 256 Å². The van der Waals surface area contributed by atoms with Crippen molar-refractivity contribution in [3.05, 3.63) is 48.6 Å². The van der Waals surface area contributed by atoms with Crippen LogP contribution in [-0.4, -0.2) is 66.5 Å². The Balaban J connectivity index is 4.69. The number of hydrogen-bond donors (Lipinski definition) is 2. The molecule has 0 heterocycles. The van der Waals surface area contributed by atoms with Crippen LogP contribution in [0.2, 0.25) is 0 Å². The van der Waals surface area contributed by atoms with E-state index in [1.165, 1.54) is 180 Å². The van der Waals surface area contributed by atoms with Gasteiger partial charge in [0.1, 0.15) is 12.7 Å². The van der Waals surface area contributed by atoms with Crippen molar-refractivity contribution in [1.29, 1.82) is 0 Å². The molecule has 468 valence electrons. The Morgan fingerprint density at radius 2 is 0.613 bits per heavy atom. The molecule has 0 aromatic rings. The molecule has 0 radical (unpaired) electrons. The van der Waals surface area contributed by atoms with E-state index in [9.17, 15) is 28.9 Å². The highest BCUT2D eigenvalue weighted by Crippen LogP contribution is 2.43. The van der Waals surface area contributed by atoms with Crippen LogP contribution >= 0.6 is 7.82 Å². The van der Waals surface area contributed by atoms with Gasteiger partial charge in [-0.15, -0.1) is 0 Å². The second-order valence-electron chi connectivity index (χ2n) is 22.6. The average molecular weight is 1150 g/mol. The summed E-state index contributed by atoms with van der Waals surface area (Å²) in [5.41, 5.74) is 0. The molecule has 0 aliphatic heterocycles. The third kappa shape index (κ3) is 60.0. The SMILES string of the molecule is CCCCC/C=C\C/C=C\CCCCCCCCCCCC(=O)OCC(COP(=O)(O)OCC(CO)OC(=O)CCCCCCC/C=C\CCCCCCCC)OC(=O)CCCCCCCCCCC/C=C\CCCCCCCC. The molecule has 3 unspecified atom stereocenters. The molecule has 0 aromatic carbocycles. The van der Waals surface area contributed by atoms with Gasteiger partial charge in [0.2, 0.25) is 0 Å². The Kier molecular flexibility index (Phi) is 60.5. The summed E-state index contributed by atoms with van der Waals surface area (Å²) in [6, 6.07) is 0. The topological polar surface area (TPSA) is 155 Å². The molecule has 0 amide bonds. The largest absolute Gasteiger partial charge is 0.472 e. The van der Waals surface area contributed by atoms with Crippen molar-refractivity contribution in [2.24, 2.45) is 0 Å². The lowest BCUT2D eigenvalue weighted by Crippen LogP contribution is -2.30. The summed E-state index contributed by atoms with van der Waals surface area (Å²) >= 11 is 0. The molecule has 0 spiro atoms. The van der Waals surface area contributed by atoms with E-state index in [0.29, 0.717) is 19.3 Å². The van der Waals surface area contributed by atoms with E-state index >= 15 is 0 Å². The first kappa shape index (κ1) is 77.4. The molecule has 80 heavy (non-hydrogen) atoms. The van der Waals surface area contributed by atoms with Crippen LogP contribution in [0.4, 0.5) is 0 Å². The van der Waals surface area contributed by atoms with Crippen molar-refractivity contribution in [3.8, 4) is 0 Å². The van der Waals surface area contributed by atoms with Crippen LogP contribution in [0.25, 0.3) is 0 Å². The first-order valence-electron chi connectivity index (χ1n) is 33.5. The Morgan fingerprint density at radius 3 is 0.963 bits per heavy atom. The number of aliphatic hydroxyl groups is 1. The number of aliphatic hydroxyl groups excluding tert-OH is 1. The summed E-state index contributed by atoms with van der Waals surface area (Å²) in [6.07, 6.45) is 69.1. The lowest BCUT2D eigenvalue weighted by molar-refractivity contribution is -0.161. The normalized spacial score (nSPS) is 13.5. The van der Waals surface area contributed by atoms with Crippen molar-refractivity contribution >= 4 is 25.7 Å². The maximum atomic E-state index is 13.0. The van der Waals surface area contributed by atoms with Crippen molar-refractivity contribution in [2.45, 2.75) is 341 Å². The molecule has 3 atom stereocenters. The molecule has 0 aliphatic carbocycles. The maximum absolute atomic E-state index is 13.0. The summed E-state index contributed by atoms with van der Waals surface area (Å²) in [4.78, 5) is 48.8. The summed E-state index contributed by atoms with van der Waals surface area (Å²) in [7, 11) is -4.76. The Bertz CT molecular complexity index is 1530. The van der Waals surface area contributed by atoms with Crippen LogP contribution in [0.5, 0.6) is 0 Å². The summed E-state index contributed by atoms with van der Waals surface area (Å²) in [5.74, 6) is -1.46. The third-order valence-electron chi connectivity index (χ3n) is 14.7. The highest BCUT2D eigenvalue weighted by atomic mass is 31.2. The molecule has 0 saturated heterocycles. The molecule has 12 heteroatoms. The fourth-order valence-corrected chi connectivity index (χ4v) is 10.3. The van der Waals surface area contributed by atoms with E-state index in [4.69, 9.17) is 23.3 Å². The zero-order valence-electron chi connectivity index (χ0n) is 52.1. The minimum Gasteiger partial charge on any atom is -0.462 e. The van der Waals surface area contributed by atoms with E-state index in [1.807, 2.05) is 0 Å². The first-order chi connectivity index (χ1) is 39.2. The number of unbranched alkanes of at least 4 members (excludes halogenated alkanes) is 38. The molecule has 0 fully saturated rings. The monoisotopic (exact) mass is 1150 g/mol. The number of carbonyl (C=O) groups is 3. The van der Waals surface area contributed by atoms with E-state index in [0.717, 1.165) is 89.9 Å². The van der Waals surface area contributed by atoms with E-state index in [1.54, 1.807) is 0 Å². The Labute approximate surface area is 492 Å². The van der Waals surface area contributed by atoms with Gasteiger partial charge in [-0.2, -0.15) is 0 Å². The molecule has 0 saturated carbocycles. The fraction of sp³-hybridized carbons (Fsp3) is 0.838. The highest BCUT2D eigenvalue weighted by Gasteiger charge is 2.28. The minimum atomic E-state index is -4.76. The number of ether oxygens (including phenoxy) is 3. The zero-order valence-corrected chi connectivity index (χ0v) is 53.0. The van der Waals surface area contributed by atoms with Gasteiger partial charge in [0, 0.05) is 19.3 Å². The maximum Gasteiger partial charge on any atom is 0.472 e. The van der Waals surface area contributed by atoms with Gasteiger partial charge in [-0.05, 0) is 103 Å². The second kappa shape index (κ2) is 62.5. The number of hydrogen-bond acceptors (Lipinski definition) is 10. The number of carbonyl (C=O) groups excluding carboxylic acids is 3. The molecular weight excluding hydrogens is 1020 g/mol. The van der Waals surface area contributed by atoms with Crippen molar-refractivity contribution in [1.82, 2.24) is 0 Å². The van der Waals surface area contributed by atoms with Crippen molar-refractivity contribution < 1.29 is 52.2 Å². The zero-order chi connectivity index (χ0) is 58.3. The van der Waals surface area contributed by atoms with E-state index < -0.39 is 57.8 Å². The summed E-state index contributed by atoms with van der Waals surface area (Å²) in [5, 5.41) is 9.85. The molecule has 11 nitrogen and oxygen atoms in total. The fourth-order valence-electron chi connectivity index (χ4n) is 9.55. The molecule has 0 rings (SSSR count). The predicted molar refractivity (Wildman–Crippen MR) is 335 cm³/mol. The highest BCUT2D eigenvalue weighted by molar-refractivity contribution is 7.47. The Morgan fingerprint density at radius 1 is 0.350 bits per heavy atom. The van der Waals surface area contributed by atoms with Crippen LogP contribution in [0, 0.1) is 0 Å². The second-order valence-corrected chi connectivity index (χ2v) is 24.1. The lowest BCUT2D eigenvalue weighted by atomic mass is 10.1. The number of allylic oxidation sites excluding steroid dienone is 8. The summed E-state index contributed by atoms with van der Waals surface area (Å²) in [6.45, 7) is 4.66. The quantitative estimate of drug-likeness (QED) is 0.0197. The predicted octanol–water partition coefficient (Wildman–Crippen LogP) is 20.5. The molecule has 0 aromatic heterocycles.